The molecule has 0 aromatic heterocycles. The van der Waals surface area contributed by atoms with Crippen molar-refractivity contribution in [3.05, 3.63) is 63.8 Å². The van der Waals surface area contributed by atoms with Crippen molar-refractivity contribution in [1.82, 2.24) is 4.90 Å². The molecule has 1 aliphatic carbocycles. The maximum Gasteiger partial charge on any atom is 0.266 e. The van der Waals surface area contributed by atoms with Gasteiger partial charge in [-0.3, -0.25) is 19.2 Å². The maximum atomic E-state index is 13.0. The molecule has 1 aromatic carbocycles. The second-order valence-electron chi connectivity index (χ2n) is 7.07. The highest BCUT2D eigenvalue weighted by atomic mass is 16.2. The minimum atomic E-state index is -0.475. The molecule has 2 aliphatic heterocycles. The van der Waals surface area contributed by atoms with Crippen molar-refractivity contribution in [3.8, 4) is 0 Å². The van der Waals surface area contributed by atoms with E-state index in [9.17, 15) is 19.2 Å². The molecule has 0 bridgehead atoms. The summed E-state index contributed by atoms with van der Waals surface area (Å²) < 4.78 is 0. The third kappa shape index (κ3) is 2.48. The van der Waals surface area contributed by atoms with E-state index in [1.165, 1.54) is 11.0 Å². The standard InChI is InChI=1S/C21H18N2O4/c1-11-4-5-13(8-12(11)2)23-20(26)15-7-6-14-16(9-17(15)21(23)27)19(25)22(3)10-18(14)24/h4-5,7-9H,6,10H2,1-3H3. The summed E-state index contributed by atoms with van der Waals surface area (Å²) in [4.78, 5) is 53.2. The van der Waals surface area contributed by atoms with Crippen LogP contribution in [0.2, 0.25) is 0 Å². The van der Waals surface area contributed by atoms with Gasteiger partial charge in [0.1, 0.15) is 0 Å². The van der Waals surface area contributed by atoms with Crippen LogP contribution in [0.4, 0.5) is 5.69 Å². The van der Waals surface area contributed by atoms with Crippen molar-refractivity contribution in [1.29, 1.82) is 0 Å². The second-order valence-corrected chi connectivity index (χ2v) is 7.07. The van der Waals surface area contributed by atoms with E-state index < -0.39 is 11.8 Å². The van der Waals surface area contributed by atoms with E-state index in [0.717, 1.165) is 16.0 Å². The summed E-state index contributed by atoms with van der Waals surface area (Å²) in [5, 5.41) is 0. The van der Waals surface area contributed by atoms with Gasteiger partial charge in [0.05, 0.1) is 17.8 Å². The summed E-state index contributed by atoms with van der Waals surface area (Å²) in [5.41, 5.74) is 3.53. The highest BCUT2D eigenvalue weighted by Gasteiger charge is 2.42. The van der Waals surface area contributed by atoms with Crippen LogP contribution in [-0.4, -0.2) is 42.0 Å². The topological polar surface area (TPSA) is 74.8 Å². The van der Waals surface area contributed by atoms with E-state index >= 15 is 0 Å². The highest BCUT2D eigenvalue weighted by Crippen LogP contribution is 2.36. The number of anilines is 1. The molecule has 0 atom stereocenters. The predicted octanol–water partition coefficient (Wildman–Crippen LogP) is 1.77. The van der Waals surface area contributed by atoms with Crippen molar-refractivity contribution in [3.63, 3.8) is 0 Å². The number of rotatable bonds is 1. The van der Waals surface area contributed by atoms with Crippen LogP contribution in [-0.2, 0) is 19.2 Å². The molecule has 4 rings (SSSR count). The first-order chi connectivity index (χ1) is 12.8. The van der Waals surface area contributed by atoms with E-state index in [1.807, 2.05) is 19.9 Å². The first kappa shape index (κ1) is 17.1. The van der Waals surface area contributed by atoms with Crippen LogP contribution in [0, 0.1) is 13.8 Å². The molecule has 0 saturated carbocycles. The Morgan fingerprint density at radius 1 is 0.889 bits per heavy atom. The molecule has 0 N–H and O–H groups in total. The summed E-state index contributed by atoms with van der Waals surface area (Å²) in [6, 6.07) is 5.39. The van der Waals surface area contributed by atoms with E-state index in [1.54, 1.807) is 25.3 Å². The molecule has 6 nitrogen and oxygen atoms in total. The summed E-state index contributed by atoms with van der Waals surface area (Å²) in [6.45, 7) is 3.89. The molecule has 1 saturated heterocycles. The number of hydrogen-bond acceptors (Lipinski definition) is 4. The van der Waals surface area contributed by atoms with Gasteiger partial charge in [-0.1, -0.05) is 12.1 Å². The first-order valence-electron chi connectivity index (χ1n) is 8.69. The number of nitrogens with zero attached hydrogens (tertiary/aromatic N) is 2. The zero-order chi connectivity index (χ0) is 19.5. The molecular formula is C21H18N2O4. The minimum absolute atomic E-state index is 0.0146. The Morgan fingerprint density at radius 2 is 1.59 bits per heavy atom. The van der Waals surface area contributed by atoms with Gasteiger partial charge in [-0.05, 0) is 49.6 Å². The first-order valence-corrected chi connectivity index (χ1v) is 8.69. The Kier molecular flexibility index (Phi) is 3.73. The number of hydrogen-bond donors (Lipinski definition) is 0. The molecule has 0 unspecified atom stereocenters. The third-order valence-electron chi connectivity index (χ3n) is 5.32. The number of carbonyl (C=O) groups excluding carboxylic acids is 4. The van der Waals surface area contributed by atoms with E-state index in [4.69, 9.17) is 0 Å². The van der Waals surface area contributed by atoms with Crippen molar-refractivity contribution in [2.75, 3.05) is 18.5 Å². The van der Waals surface area contributed by atoms with Crippen LogP contribution in [0.15, 0.2) is 52.6 Å². The Labute approximate surface area is 156 Å². The van der Waals surface area contributed by atoms with Crippen LogP contribution in [0.1, 0.15) is 17.5 Å². The molecule has 0 spiro atoms. The summed E-state index contributed by atoms with van der Waals surface area (Å²) >= 11 is 0. The fraction of sp³-hybridized carbons (Fsp3) is 0.238. The fourth-order valence-corrected chi connectivity index (χ4v) is 3.59. The zero-order valence-corrected chi connectivity index (χ0v) is 15.3. The van der Waals surface area contributed by atoms with Crippen molar-refractivity contribution >= 4 is 29.2 Å². The van der Waals surface area contributed by atoms with Gasteiger partial charge in [0.15, 0.2) is 5.78 Å². The lowest BCUT2D eigenvalue weighted by atomic mass is 9.96. The molecule has 1 aromatic rings. The van der Waals surface area contributed by atoms with Crippen molar-refractivity contribution in [2.45, 2.75) is 20.3 Å². The maximum absolute atomic E-state index is 13.0. The number of allylic oxidation sites excluding steroid dienone is 1. The summed E-state index contributed by atoms with van der Waals surface area (Å²) in [6.07, 6.45) is 3.17. The average Bonchev–Trinajstić information content (AvgIpc) is 2.77. The number of benzene rings is 1. The number of amides is 3. The monoisotopic (exact) mass is 362 g/mol. The summed E-state index contributed by atoms with van der Waals surface area (Å²) in [7, 11) is 1.55. The number of imide groups is 1. The number of ketones is 1. The second kappa shape index (κ2) is 5.87. The molecular weight excluding hydrogens is 344 g/mol. The van der Waals surface area contributed by atoms with Gasteiger partial charge < -0.3 is 4.90 Å². The number of Topliss-reactive ketones (excluding diaryl/α,β-unsaturated/α-hetero) is 1. The average molecular weight is 362 g/mol. The van der Waals surface area contributed by atoms with E-state index in [0.29, 0.717) is 11.3 Å². The Bertz CT molecular complexity index is 1040. The number of likely N-dealkylation sites (N-methyl/N-ethyl adjacent to an activating group) is 1. The summed E-state index contributed by atoms with van der Waals surface area (Å²) in [5.74, 6) is -1.37. The van der Waals surface area contributed by atoms with Crippen LogP contribution < -0.4 is 4.90 Å². The lowest BCUT2D eigenvalue weighted by Gasteiger charge is -2.24. The number of carbonyl (C=O) groups is 4. The van der Waals surface area contributed by atoms with E-state index in [-0.39, 0.29) is 41.4 Å². The lowest BCUT2D eigenvalue weighted by molar-refractivity contribution is -0.131. The van der Waals surface area contributed by atoms with Crippen LogP contribution >= 0.6 is 0 Å². The largest absolute Gasteiger partial charge is 0.334 e. The zero-order valence-electron chi connectivity index (χ0n) is 15.3. The highest BCUT2D eigenvalue weighted by molar-refractivity contribution is 6.37. The molecule has 6 heteroatoms. The van der Waals surface area contributed by atoms with Crippen LogP contribution in [0.25, 0.3) is 0 Å². The molecule has 3 amide bonds. The van der Waals surface area contributed by atoms with Gasteiger partial charge in [0.2, 0.25) is 0 Å². The number of fused-ring (bicyclic) bond motifs is 1. The molecule has 3 aliphatic rings. The van der Waals surface area contributed by atoms with Gasteiger partial charge in [-0.25, -0.2) is 4.90 Å². The quantitative estimate of drug-likeness (QED) is 0.714. The van der Waals surface area contributed by atoms with E-state index in [2.05, 4.69) is 0 Å². The van der Waals surface area contributed by atoms with Gasteiger partial charge in [0.25, 0.3) is 17.7 Å². The molecule has 1 fully saturated rings. The number of aryl methyl sites for hydroxylation is 2. The van der Waals surface area contributed by atoms with Crippen molar-refractivity contribution < 1.29 is 19.2 Å². The predicted molar refractivity (Wildman–Crippen MR) is 98.9 cm³/mol. The fourth-order valence-electron chi connectivity index (χ4n) is 3.59. The van der Waals surface area contributed by atoms with Gasteiger partial charge >= 0.3 is 0 Å². The van der Waals surface area contributed by atoms with Crippen molar-refractivity contribution in [2.24, 2.45) is 0 Å². The molecule has 136 valence electrons. The lowest BCUT2D eigenvalue weighted by Crippen LogP contribution is -2.39. The molecule has 2 heterocycles. The Balaban J connectivity index is 1.82. The SMILES string of the molecule is Cc1ccc(N2C(=O)C3=CCC4=C(C=C3C2=O)C(=O)N(C)CC4=O)cc1C. The van der Waals surface area contributed by atoms with Gasteiger partial charge in [-0.2, -0.15) is 0 Å². The van der Waals surface area contributed by atoms with Gasteiger partial charge in [0, 0.05) is 23.8 Å². The Morgan fingerprint density at radius 3 is 2.30 bits per heavy atom. The normalized spacial score (nSPS) is 19.8. The third-order valence-corrected chi connectivity index (χ3v) is 5.32. The Hall–Kier alpha value is -3.28. The molecule has 27 heavy (non-hydrogen) atoms. The minimum Gasteiger partial charge on any atom is -0.334 e. The van der Waals surface area contributed by atoms with Crippen LogP contribution in [0.3, 0.4) is 0 Å². The molecule has 0 radical (unpaired) electrons. The van der Waals surface area contributed by atoms with Gasteiger partial charge in [-0.15, -0.1) is 0 Å². The van der Waals surface area contributed by atoms with Crippen LogP contribution in [0.5, 0.6) is 0 Å². The smallest absolute Gasteiger partial charge is 0.266 e.